The van der Waals surface area contributed by atoms with Gasteiger partial charge in [0.25, 0.3) is 5.91 Å². The summed E-state index contributed by atoms with van der Waals surface area (Å²) in [5.41, 5.74) is 0.832. The average Bonchev–Trinajstić information content (AvgIpc) is 3.38. The van der Waals surface area contributed by atoms with Crippen molar-refractivity contribution in [2.45, 2.75) is 32.1 Å². The number of amides is 4. The lowest BCUT2D eigenvalue weighted by Crippen LogP contribution is -2.53. The highest BCUT2D eigenvalue weighted by Gasteiger charge is 2.31. The van der Waals surface area contributed by atoms with Gasteiger partial charge in [-0.15, -0.1) is 0 Å². The second-order valence-electron chi connectivity index (χ2n) is 10.1. The lowest BCUT2D eigenvalue weighted by molar-refractivity contribution is -0.137. The number of carbonyl (C=O) groups is 3. The quantitative estimate of drug-likeness (QED) is 0.461. The minimum absolute atomic E-state index is 0.106. The number of benzene rings is 2. The maximum atomic E-state index is 12.9. The van der Waals surface area contributed by atoms with E-state index >= 15 is 0 Å². The summed E-state index contributed by atoms with van der Waals surface area (Å²) in [4.78, 5) is 43.6. The standard InChI is InChI=1S/C28H35F3N6O3/c1-20-7-9-23(10-8-20)33-27(40)37-16-13-35(14-17-37)12-15-36-11-3-6-24(36)34-25(38)19-32-26(39)21-4-2-5-22(18-21)28(29,30)31/h2,4-5,7-10,18,24H,3,6,11-17,19H2,1H3,(H,32,39)(H,33,40)(H,34,38). The highest BCUT2D eigenvalue weighted by Crippen LogP contribution is 2.29. The van der Waals surface area contributed by atoms with E-state index in [1.807, 2.05) is 36.1 Å². The molecule has 2 fully saturated rings. The first-order valence-electron chi connectivity index (χ1n) is 13.4. The van der Waals surface area contributed by atoms with Gasteiger partial charge in [0, 0.05) is 57.1 Å². The van der Waals surface area contributed by atoms with Gasteiger partial charge in [0.2, 0.25) is 5.91 Å². The second kappa shape index (κ2) is 13.1. The third-order valence-corrected chi connectivity index (χ3v) is 7.22. The van der Waals surface area contributed by atoms with Crippen LogP contribution in [-0.4, -0.2) is 91.1 Å². The van der Waals surface area contributed by atoms with Crippen molar-refractivity contribution in [3.05, 3.63) is 65.2 Å². The van der Waals surface area contributed by atoms with E-state index in [0.717, 1.165) is 75.0 Å². The molecule has 2 aliphatic rings. The Labute approximate surface area is 231 Å². The molecular weight excluding hydrogens is 525 g/mol. The van der Waals surface area contributed by atoms with E-state index < -0.39 is 23.6 Å². The minimum atomic E-state index is -4.55. The molecule has 2 heterocycles. The molecule has 40 heavy (non-hydrogen) atoms. The van der Waals surface area contributed by atoms with Crippen LogP contribution in [0.3, 0.4) is 0 Å². The topological polar surface area (TPSA) is 97.0 Å². The minimum Gasteiger partial charge on any atom is -0.343 e. The first-order valence-corrected chi connectivity index (χ1v) is 13.4. The van der Waals surface area contributed by atoms with Crippen LogP contribution in [0.1, 0.15) is 34.3 Å². The van der Waals surface area contributed by atoms with E-state index in [0.29, 0.717) is 13.1 Å². The van der Waals surface area contributed by atoms with Gasteiger partial charge in [-0.05, 0) is 50.1 Å². The Kier molecular flexibility index (Phi) is 9.64. The number of nitrogens with one attached hydrogen (secondary N) is 3. The number of hydrogen-bond donors (Lipinski definition) is 3. The first-order chi connectivity index (χ1) is 19.1. The summed E-state index contributed by atoms with van der Waals surface area (Å²) in [7, 11) is 0. The molecular formula is C28H35F3N6O3. The number of likely N-dealkylation sites (tertiary alicyclic amines) is 1. The molecule has 216 valence electrons. The Hall–Kier alpha value is -3.64. The fraction of sp³-hybridized carbons (Fsp3) is 0.464. The monoisotopic (exact) mass is 560 g/mol. The lowest BCUT2D eigenvalue weighted by Gasteiger charge is -2.36. The van der Waals surface area contributed by atoms with Crippen LogP contribution in [0.15, 0.2) is 48.5 Å². The van der Waals surface area contributed by atoms with Gasteiger partial charge in [0.1, 0.15) is 0 Å². The zero-order valence-electron chi connectivity index (χ0n) is 22.5. The number of urea groups is 1. The zero-order valence-corrected chi connectivity index (χ0v) is 22.5. The van der Waals surface area contributed by atoms with Crippen LogP contribution in [-0.2, 0) is 11.0 Å². The van der Waals surface area contributed by atoms with Crippen molar-refractivity contribution in [2.24, 2.45) is 0 Å². The summed E-state index contributed by atoms with van der Waals surface area (Å²) in [5, 5.41) is 8.26. The highest BCUT2D eigenvalue weighted by atomic mass is 19.4. The number of halogens is 3. The van der Waals surface area contributed by atoms with Crippen molar-refractivity contribution in [1.82, 2.24) is 25.3 Å². The van der Waals surface area contributed by atoms with E-state index in [-0.39, 0.29) is 24.3 Å². The average molecular weight is 561 g/mol. The van der Waals surface area contributed by atoms with E-state index in [4.69, 9.17) is 0 Å². The molecule has 0 aliphatic carbocycles. The molecule has 0 saturated carbocycles. The number of hydrogen-bond acceptors (Lipinski definition) is 5. The highest BCUT2D eigenvalue weighted by molar-refractivity contribution is 5.96. The molecule has 2 aromatic carbocycles. The summed E-state index contributed by atoms with van der Waals surface area (Å²) in [5.74, 6) is -1.14. The van der Waals surface area contributed by atoms with E-state index in [9.17, 15) is 27.6 Å². The van der Waals surface area contributed by atoms with Crippen LogP contribution in [0.5, 0.6) is 0 Å². The molecule has 0 aromatic heterocycles. The van der Waals surface area contributed by atoms with Crippen LogP contribution in [0.25, 0.3) is 0 Å². The van der Waals surface area contributed by atoms with Crippen LogP contribution < -0.4 is 16.0 Å². The first kappa shape index (κ1) is 29.3. The number of rotatable bonds is 8. The van der Waals surface area contributed by atoms with Crippen molar-refractivity contribution < 1.29 is 27.6 Å². The van der Waals surface area contributed by atoms with Crippen molar-refractivity contribution in [1.29, 1.82) is 0 Å². The van der Waals surface area contributed by atoms with Crippen LogP contribution in [0, 0.1) is 6.92 Å². The van der Waals surface area contributed by atoms with E-state index in [1.54, 1.807) is 0 Å². The van der Waals surface area contributed by atoms with E-state index in [2.05, 4.69) is 25.8 Å². The van der Waals surface area contributed by atoms with Crippen LogP contribution >= 0.6 is 0 Å². The van der Waals surface area contributed by atoms with Gasteiger partial charge in [-0.1, -0.05) is 23.8 Å². The van der Waals surface area contributed by atoms with Crippen molar-refractivity contribution >= 4 is 23.5 Å². The molecule has 1 atom stereocenters. The number of anilines is 1. The molecule has 0 radical (unpaired) electrons. The van der Waals surface area contributed by atoms with Gasteiger partial charge in [-0.25, -0.2) is 4.79 Å². The molecule has 4 rings (SSSR count). The summed E-state index contributed by atoms with van der Waals surface area (Å²) in [6.07, 6.45) is -3.02. The third kappa shape index (κ3) is 8.18. The van der Waals surface area contributed by atoms with E-state index in [1.165, 1.54) is 6.07 Å². The molecule has 9 nitrogen and oxygen atoms in total. The molecule has 2 saturated heterocycles. The van der Waals surface area contributed by atoms with Gasteiger partial charge in [0.05, 0.1) is 18.3 Å². The Bertz CT molecular complexity index is 1180. The number of alkyl halides is 3. The number of piperazine rings is 1. The molecule has 12 heteroatoms. The fourth-order valence-electron chi connectivity index (χ4n) is 4.88. The molecule has 3 N–H and O–H groups in total. The summed E-state index contributed by atoms with van der Waals surface area (Å²) >= 11 is 0. The Morgan fingerprint density at radius 3 is 2.38 bits per heavy atom. The smallest absolute Gasteiger partial charge is 0.343 e. The van der Waals surface area contributed by atoms with Gasteiger partial charge < -0.3 is 20.9 Å². The Morgan fingerprint density at radius 1 is 0.950 bits per heavy atom. The molecule has 0 bridgehead atoms. The van der Waals surface area contributed by atoms with Crippen molar-refractivity contribution in [3.63, 3.8) is 0 Å². The Morgan fingerprint density at radius 2 is 1.68 bits per heavy atom. The summed E-state index contributed by atoms with van der Waals surface area (Å²) in [6.45, 7) is 6.82. The maximum Gasteiger partial charge on any atom is 0.416 e. The van der Waals surface area contributed by atoms with Gasteiger partial charge in [0.15, 0.2) is 0 Å². The molecule has 2 aromatic rings. The maximum absolute atomic E-state index is 12.9. The number of aryl methyl sites for hydroxylation is 1. The van der Waals surface area contributed by atoms with Gasteiger partial charge >= 0.3 is 12.2 Å². The summed E-state index contributed by atoms with van der Waals surface area (Å²) < 4.78 is 38.7. The summed E-state index contributed by atoms with van der Waals surface area (Å²) in [6, 6.07) is 11.7. The predicted octanol–water partition coefficient (Wildman–Crippen LogP) is 3.13. The fourth-order valence-corrected chi connectivity index (χ4v) is 4.88. The SMILES string of the molecule is Cc1ccc(NC(=O)N2CCN(CCN3CCCC3NC(=O)CNC(=O)c3cccc(C(F)(F)F)c3)CC2)cc1. The Balaban J connectivity index is 1.16. The zero-order chi connectivity index (χ0) is 28.7. The largest absolute Gasteiger partial charge is 0.416 e. The predicted molar refractivity (Wildman–Crippen MR) is 145 cm³/mol. The van der Waals surface area contributed by atoms with Crippen molar-refractivity contribution in [2.75, 3.05) is 57.7 Å². The lowest BCUT2D eigenvalue weighted by atomic mass is 10.1. The van der Waals surface area contributed by atoms with Gasteiger partial charge in [-0.3, -0.25) is 19.4 Å². The normalized spacial score (nSPS) is 18.4. The number of nitrogens with zero attached hydrogens (tertiary/aromatic N) is 3. The molecule has 0 spiro atoms. The third-order valence-electron chi connectivity index (χ3n) is 7.22. The van der Waals surface area contributed by atoms with Crippen LogP contribution in [0.2, 0.25) is 0 Å². The second-order valence-corrected chi connectivity index (χ2v) is 10.1. The molecule has 4 amide bonds. The van der Waals surface area contributed by atoms with Crippen LogP contribution in [0.4, 0.5) is 23.7 Å². The molecule has 1 unspecified atom stereocenters. The molecule has 2 aliphatic heterocycles. The number of carbonyl (C=O) groups excluding carboxylic acids is 3. The van der Waals surface area contributed by atoms with Gasteiger partial charge in [-0.2, -0.15) is 13.2 Å². The van der Waals surface area contributed by atoms with Crippen molar-refractivity contribution in [3.8, 4) is 0 Å².